The van der Waals surface area contributed by atoms with E-state index in [0.29, 0.717) is 5.69 Å². The molecule has 1 aromatic carbocycles. The van der Waals surface area contributed by atoms with Crippen LogP contribution in [0.3, 0.4) is 0 Å². The van der Waals surface area contributed by atoms with Crippen LogP contribution in [0.1, 0.15) is 25.7 Å². The number of ether oxygens (including phenoxy) is 1. The van der Waals surface area contributed by atoms with Crippen molar-refractivity contribution in [1.82, 2.24) is 9.88 Å². The van der Waals surface area contributed by atoms with E-state index in [0.717, 1.165) is 31.4 Å². The quantitative estimate of drug-likeness (QED) is 0.923. The van der Waals surface area contributed by atoms with Gasteiger partial charge in [-0.15, -0.1) is 0 Å². The Morgan fingerprint density at radius 3 is 2.36 bits per heavy atom. The van der Waals surface area contributed by atoms with Gasteiger partial charge in [0.05, 0.1) is 0 Å². The predicted octanol–water partition coefficient (Wildman–Crippen LogP) is 3.83. The molecular weight excluding hydrogens is 321 g/mol. The first-order chi connectivity index (χ1) is 12.2. The molecule has 2 atom stereocenters. The van der Waals surface area contributed by atoms with Crippen LogP contribution in [0.15, 0.2) is 48.8 Å². The summed E-state index contributed by atoms with van der Waals surface area (Å²) in [4.78, 5) is 18.6. The summed E-state index contributed by atoms with van der Waals surface area (Å²) >= 11 is 0. The van der Waals surface area contributed by atoms with E-state index in [2.05, 4.69) is 10.3 Å². The molecule has 3 heterocycles. The van der Waals surface area contributed by atoms with E-state index in [1.54, 1.807) is 24.5 Å². The van der Waals surface area contributed by atoms with Crippen molar-refractivity contribution in [3.63, 3.8) is 0 Å². The van der Waals surface area contributed by atoms with Gasteiger partial charge in [-0.25, -0.2) is 9.18 Å². The van der Waals surface area contributed by atoms with E-state index < -0.39 is 0 Å². The standard InChI is InChI=1S/C19H20FN3O2/c20-13-1-3-14(4-2-13)22-19(24)23-15-5-6-16(23)12-18(11-15)25-17-7-9-21-10-8-17/h1-4,7-10,15-16,18H,5-6,11-12H2,(H,22,24). The number of hydrogen-bond donors (Lipinski definition) is 1. The molecular formula is C19H20FN3O2. The Kier molecular flexibility index (Phi) is 4.26. The number of nitrogens with one attached hydrogen (secondary N) is 1. The average molecular weight is 341 g/mol. The van der Waals surface area contributed by atoms with Gasteiger partial charge >= 0.3 is 6.03 Å². The fraction of sp³-hybridized carbons (Fsp3) is 0.368. The maximum atomic E-state index is 13.0. The van der Waals surface area contributed by atoms with Gasteiger partial charge in [-0.3, -0.25) is 4.98 Å². The number of urea groups is 1. The first-order valence-corrected chi connectivity index (χ1v) is 8.60. The fourth-order valence-electron chi connectivity index (χ4n) is 3.89. The number of piperidine rings is 1. The highest BCUT2D eigenvalue weighted by molar-refractivity contribution is 5.90. The predicted molar refractivity (Wildman–Crippen MR) is 92.0 cm³/mol. The lowest BCUT2D eigenvalue weighted by molar-refractivity contribution is 0.0732. The normalized spacial score (nSPS) is 24.8. The molecule has 5 nitrogen and oxygen atoms in total. The van der Waals surface area contributed by atoms with Crippen LogP contribution in [0.4, 0.5) is 14.9 Å². The van der Waals surface area contributed by atoms with Crippen molar-refractivity contribution < 1.29 is 13.9 Å². The van der Waals surface area contributed by atoms with Gasteiger partial charge in [0, 0.05) is 43.0 Å². The van der Waals surface area contributed by atoms with Crippen molar-refractivity contribution in [3.05, 3.63) is 54.6 Å². The molecule has 0 spiro atoms. The maximum Gasteiger partial charge on any atom is 0.322 e. The smallest absolute Gasteiger partial charge is 0.322 e. The Morgan fingerprint density at radius 2 is 1.72 bits per heavy atom. The van der Waals surface area contributed by atoms with Gasteiger partial charge in [0.2, 0.25) is 0 Å². The lowest BCUT2D eigenvalue weighted by Gasteiger charge is -2.38. The molecule has 1 N–H and O–H groups in total. The van der Waals surface area contributed by atoms with Crippen LogP contribution in [0.25, 0.3) is 0 Å². The first-order valence-electron chi connectivity index (χ1n) is 8.60. The molecule has 4 rings (SSSR count). The van der Waals surface area contributed by atoms with Gasteiger partial charge in [-0.05, 0) is 49.2 Å². The lowest BCUT2D eigenvalue weighted by Crippen LogP contribution is -2.50. The Hall–Kier alpha value is -2.63. The number of nitrogens with zero attached hydrogens (tertiary/aromatic N) is 2. The molecule has 2 unspecified atom stereocenters. The van der Waals surface area contributed by atoms with Gasteiger partial charge in [-0.2, -0.15) is 0 Å². The maximum absolute atomic E-state index is 13.0. The fourth-order valence-corrected chi connectivity index (χ4v) is 3.89. The molecule has 2 bridgehead atoms. The summed E-state index contributed by atoms with van der Waals surface area (Å²) in [6.45, 7) is 0. The van der Waals surface area contributed by atoms with Crippen LogP contribution < -0.4 is 10.1 Å². The highest BCUT2D eigenvalue weighted by Crippen LogP contribution is 2.37. The molecule has 1 aromatic heterocycles. The van der Waals surface area contributed by atoms with Gasteiger partial charge in [0.15, 0.2) is 0 Å². The number of carbonyl (C=O) groups excluding carboxylic acids is 1. The van der Waals surface area contributed by atoms with Crippen molar-refractivity contribution in [2.75, 3.05) is 5.32 Å². The zero-order valence-corrected chi connectivity index (χ0v) is 13.8. The van der Waals surface area contributed by atoms with Gasteiger partial charge in [0.25, 0.3) is 0 Å². The van der Waals surface area contributed by atoms with Crippen molar-refractivity contribution in [2.24, 2.45) is 0 Å². The second-order valence-electron chi connectivity index (χ2n) is 6.62. The minimum Gasteiger partial charge on any atom is -0.490 e. The molecule has 0 aliphatic carbocycles. The molecule has 2 aliphatic heterocycles. The van der Waals surface area contributed by atoms with Gasteiger partial charge < -0.3 is 15.0 Å². The van der Waals surface area contributed by atoms with Crippen LogP contribution in [0, 0.1) is 5.82 Å². The number of halogens is 1. The number of amides is 2. The van der Waals surface area contributed by atoms with Gasteiger partial charge in [0.1, 0.15) is 17.7 Å². The molecule has 2 amide bonds. The molecule has 0 radical (unpaired) electrons. The lowest BCUT2D eigenvalue weighted by atomic mass is 10.00. The van der Waals surface area contributed by atoms with Crippen molar-refractivity contribution >= 4 is 11.7 Å². The Balaban J connectivity index is 1.40. The molecule has 2 saturated heterocycles. The average Bonchev–Trinajstić information content (AvgIpc) is 2.89. The summed E-state index contributed by atoms with van der Waals surface area (Å²) < 4.78 is 19.0. The molecule has 25 heavy (non-hydrogen) atoms. The third-order valence-electron chi connectivity index (χ3n) is 4.97. The van der Waals surface area contributed by atoms with E-state index >= 15 is 0 Å². The largest absolute Gasteiger partial charge is 0.490 e. The number of pyridine rings is 1. The highest BCUT2D eigenvalue weighted by Gasteiger charge is 2.44. The summed E-state index contributed by atoms with van der Waals surface area (Å²) in [7, 11) is 0. The number of anilines is 1. The monoisotopic (exact) mass is 341 g/mol. The molecule has 2 aliphatic rings. The van der Waals surface area contributed by atoms with Crippen molar-refractivity contribution in [2.45, 2.75) is 43.9 Å². The van der Waals surface area contributed by atoms with Crippen LogP contribution in [0.2, 0.25) is 0 Å². The summed E-state index contributed by atoms with van der Waals surface area (Å²) in [6, 6.07) is 9.82. The van der Waals surface area contributed by atoms with E-state index in [9.17, 15) is 9.18 Å². The van der Waals surface area contributed by atoms with Crippen molar-refractivity contribution in [3.8, 4) is 5.75 Å². The minimum absolute atomic E-state index is 0.110. The first kappa shape index (κ1) is 15.9. The van der Waals surface area contributed by atoms with E-state index in [1.807, 2.05) is 17.0 Å². The molecule has 0 saturated carbocycles. The summed E-state index contributed by atoms with van der Waals surface area (Å²) in [5.41, 5.74) is 0.612. The Bertz CT molecular complexity index is 724. The van der Waals surface area contributed by atoms with Crippen LogP contribution in [0.5, 0.6) is 5.75 Å². The highest BCUT2D eigenvalue weighted by atomic mass is 19.1. The SMILES string of the molecule is O=C(Nc1ccc(F)cc1)N1C2CCC1CC(Oc1ccncc1)C2. The second kappa shape index (κ2) is 6.70. The van der Waals surface area contributed by atoms with E-state index in [4.69, 9.17) is 4.74 Å². The number of fused-ring (bicyclic) bond motifs is 2. The second-order valence-corrected chi connectivity index (χ2v) is 6.62. The van der Waals surface area contributed by atoms with E-state index in [1.165, 1.54) is 12.1 Å². The Morgan fingerprint density at radius 1 is 1.08 bits per heavy atom. The Labute approximate surface area is 145 Å². The number of rotatable bonds is 3. The molecule has 130 valence electrons. The molecule has 2 aromatic rings. The van der Waals surface area contributed by atoms with Crippen LogP contribution in [-0.4, -0.2) is 34.1 Å². The van der Waals surface area contributed by atoms with Gasteiger partial charge in [-0.1, -0.05) is 0 Å². The summed E-state index contributed by atoms with van der Waals surface area (Å²) in [6.07, 6.45) is 7.21. The zero-order chi connectivity index (χ0) is 17.2. The number of aromatic nitrogens is 1. The van der Waals surface area contributed by atoms with E-state index in [-0.39, 0.29) is 30.0 Å². The third-order valence-corrected chi connectivity index (χ3v) is 4.97. The minimum atomic E-state index is -0.313. The molecule has 6 heteroatoms. The van der Waals surface area contributed by atoms with Crippen LogP contribution >= 0.6 is 0 Å². The summed E-state index contributed by atoms with van der Waals surface area (Å²) in [5, 5.41) is 2.88. The number of carbonyl (C=O) groups is 1. The topological polar surface area (TPSA) is 54.5 Å². The molecule has 2 fully saturated rings. The van der Waals surface area contributed by atoms with Crippen LogP contribution in [-0.2, 0) is 0 Å². The third kappa shape index (κ3) is 3.43. The number of benzene rings is 1. The summed E-state index contributed by atoms with van der Waals surface area (Å²) in [5.74, 6) is 0.510. The zero-order valence-electron chi connectivity index (χ0n) is 13.8. The van der Waals surface area contributed by atoms with Crippen molar-refractivity contribution in [1.29, 1.82) is 0 Å². The number of hydrogen-bond acceptors (Lipinski definition) is 3.